The monoisotopic (exact) mass is 399 g/mol. The van der Waals surface area contributed by atoms with Gasteiger partial charge in [-0.3, -0.25) is 4.90 Å². The fourth-order valence-corrected chi connectivity index (χ4v) is 3.97. The molecule has 1 aliphatic heterocycles. The van der Waals surface area contributed by atoms with Crippen LogP contribution in [0.1, 0.15) is 10.7 Å². The Morgan fingerprint density at radius 2 is 1.79 bits per heavy atom. The molecule has 1 aliphatic rings. The van der Waals surface area contributed by atoms with Crippen LogP contribution >= 0.6 is 11.3 Å². The summed E-state index contributed by atoms with van der Waals surface area (Å²) in [7, 11) is 0. The molecular weight excluding hydrogens is 377 g/mol. The van der Waals surface area contributed by atoms with Gasteiger partial charge in [0, 0.05) is 38.1 Å². The third kappa shape index (κ3) is 4.61. The Balaban J connectivity index is 1.26. The number of hydrogen-bond donors (Lipinski definition) is 1. The van der Waals surface area contributed by atoms with Crippen LogP contribution in [-0.4, -0.2) is 41.2 Å². The third-order valence-corrected chi connectivity index (χ3v) is 5.63. The molecule has 0 bridgehead atoms. The normalized spacial score (nSPS) is 15.0. The van der Waals surface area contributed by atoms with Crippen molar-refractivity contribution in [2.45, 2.75) is 13.2 Å². The van der Waals surface area contributed by atoms with Crippen molar-refractivity contribution in [3.63, 3.8) is 0 Å². The molecule has 3 aromatic rings. The maximum atomic E-state index is 12.9. The van der Waals surface area contributed by atoms with Crippen LogP contribution in [0.4, 0.5) is 10.1 Å². The highest BCUT2D eigenvalue weighted by atomic mass is 32.1. The molecule has 146 valence electrons. The van der Waals surface area contributed by atoms with E-state index in [1.807, 2.05) is 18.2 Å². The van der Waals surface area contributed by atoms with E-state index in [0.717, 1.165) is 49.1 Å². The molecule has 0 amide bonds. The van der Waals surface area contributed by atoms with Gasteiger partial charge in [0.2, 0.25) is 0 Å². The minimum atomic E-state index is -0.272. The molecule has 1 aromatic heterocycles. The van der Waals surface area contributed by atoms with Gasteiger partial charge in [0.1, 0.15) is 28.9 Å². The molecule has 7 heteroatoms. The molecular formula is C21H22FN3O2S. The number of phenols is 1. The van der Waals surface area contributed by atoms with Crippen molar-refractivity contribution in [3.8, 4) is 11.5 Å². The molecule has 1 N–H and O–H groups in total. The van der Waals surface area contributed by atoms with Crippen LogP contribution in [-0.2, 0) is 13.2 Å². The number of para-hydroxylation sites is 2. The number of rotatable bonds is 6. The Morgan fingerprint density at radius 1 is 1.04 bits per heavy atom. The van der Waals surface area contributed by atoms with E-state index in [1.54, 1.807) is 29.5 Å². The number of nitrogens with zero attached hydrogens (tertiary/aromatic N) is 3. The van der Waals surface area contributed by atoms with E-state index in [4.69, 9.17) is 4.74 Å². The fourth-order valence-electron chi connectivity index (χ4n) is 3.27. The quantitative estimate of drug-likeness (QED) is 0.682. The number of anilines is 1. The number of ether oxygens (including phenoxy) is 1. The molecule has 0 unspecified atom stereocenters. The molecule has 1 fully saturated rings. The predicted octanol–water partition coefficient (Wildman–Crippen LogP) is 3.89. The molecule has 0 spiro atoms. The van der Waals surface area contributed by atoms with E-state index in [-0.39, 0.29) is 5.82 Å². The van der Waals surface area contributed by atoms with Gasteiger partial charge in [-0.15, -0.1) is 11.3 Å². The Kier molecular flexibility index (Phi) is 5.73. The van der Waals surface area contributed by atoms with E-state index in [1.165, 1.54) is 12.1 Å². The summed E-state index contributed by atoms with van der Waals surface area (Å²) in [6.07, 6.45) is 0. The summed E-state index contributed by atoms with van der Waals surface area (Å²) in [6, 6.07) is 13.5. The van der Waals surface area contributed by atoms with Gasteiger partial charge < -0.3 is 14.7 Å². The first-order valence-corrected chi connectivity index (χ1v) is 10.1. The summed E-state index contributed by atoms with van der Waals surface area (Å²) < 4.78 is 18.6. The first-order valence-electron chi connectivity index (χ1n) is 9.24. The minimum absolute atomic E-state index is 0.272. The van der Waals surface area contributed by atoms with Gasteiger partial charge >= 0.3 is 0 Å². The summed E-state index contributed by atoms with van der Waals surface area (Å²) in [5.41, 5.74) is 1.94. The number of hydrogen-bond acceptors (Lipinski definition) is 6. The van der Waals surface area contributed by atoms with Gasteiger partial charge in [-0.1, -0.05) is 12.1 Å². The zero-order valence-electron chi connectivity index (χ0n) is 15.4. The largest absolute Gasteiger partial charge is 0.506 e. The molecule has 0 aliphatic carbocycles. The van der Waals surface area contributed by atoms with Crippen molar-refractivity contribution in [3.05, 3.63) is 70.4 Å². The molecule has 5 nitrogen and oxygen atoms in total. The Hall–Kier alpha value is -2.64. The second kappa shape index (κ2) is 8.58. The third-order valence-electron chi connectivity index (χ3n) is 4.76. The van der Waals surface area contributed by atoms with Crippen molar-refractivity contribution in [1.29, 1.82) is 0 Å². The molecule has 0 saturated carbocycles. The maximum absolute atomic E-state index is 12.9. The van der Waals surface area contributed by atoms with Crippen LogP contribution in [0.15, 0.2) is 53.9 Å². The highest BCUT2D eigenvalue weighted by Gasteiger charge is 2.19. The van der Waals surface area contributed by atoms with Crippen LogP contribution < -0.4 is 9.64 Å². The van der Waals surface area contributed by atoms with Gasteiger partial charge in [-0.25, -0.2) is 9.37 Å². The molecule has 1 saturated heterocycles. The van der Waals surface area contributed by atoms with Crippen molar-refractivity contribution >= 4 is 17.0 Å². The maximum Gasteiger partial charge on any atom is 0.140 e. The average Bonchev–Trinajstić information content (AvgIpc) is 3.16. The predicted molar refractivity (Wildman–Crippen MR) is 108 cm³/mol. The molecule has 2 aromatic carbocycles. The number of aromatic hydroxyl groups is 1. The number of phenolic OH excluding ortho intramolecular Hbond substituents is 1. The van der Waals surface area contributed by atoms with E-state index in [9.17, 15) is 9.50 Å². The van der Waals surface area contributed by atoms with Crippen molar-refractivity contribution < 1.29 is 14.2 Å². The molecule has 4 rings (SSSR count). The molecule has 0 atom stereocenters. The lowest BCUT2D eigenvalue weighted by Gasteiger charge is -2.36. The Bertz CT molecular complexity index is 908. The number of piperazine rings is 1. The summed E-state index contributed by atoms with van der Waals surface area (Å²) in [5.74, 6) is 0.700. The highest BCUT2D eigenvalue weighted by Crippen LogP contribution is 2.27. The standard InChI is InChI=1S/C21H22FN3O2S/c22-16-5-7-18(8-6-16)27-14-21-23-17(15-28-21)13-24-9-11-25(12-10-24)19-3-1-2-4-20(19)26/h1-8,15,26H,9-14H2. The Morgan fingerprint density at radius 3 is 2.54 bits per heavy atom. The summed E-state index contributed by atoms with van der Waals surface area (Å²) in [4.78, 5) is 9.24. The van der Waals surface area contributed by atoms with Crippen LogP contribution in [0.25, 0.3) is 0 Å². The van der Waals surface area contributed by atoms with Gasteiger partial charge in [-0.05, 0) is 36.4 Å². The SMILES string of the molecule is Oc1ccccc1N1CCN(Cc2csc(COc3ccc(F)cc3)n2)CC1. The first kappa shape index (κ1) is 18.7. The highest BCUT2D eigenvalue weighted by molar-refractivity contribution is 7.09. The average molecular weight is 399 g/mol. The van der Waals surface area contributed by atoms with E-state index in [0.29, 0.717) is 18.1 Å². The minimum Gasteiger partial charge on any atom is -0.506 e. The van der Waals surface area contributed by atoms with Gasteiger partial charge in [0.25, 0.3) is 0 Å². The van der Waals surface area contributed by atoms with Gasteiger partial charge in [0.05, 0.1) is 11.4 Å². The topological polar surface area (TPSA) is 48.8 Å². The van der Waals surface area contributed by atoms with Crippen molar-refractivity contribution in [2.75, 3.05) is 31.1 Å². The number of aromatic nitrogens is 1. The molecule has 2 heterocycles. The second-order valence-electron chi connectivity index (χ2n) is 6.73. The molecule has 0 radical (unpaired) electrons. The van der Waals surface area contributed by atoms with Crippen LogP contribution in [0.2, 0.25) is 0 Å². The van der Waals surface area contributed by atoms with E-state index in [2.05, 4.69) is 20.2 Å². The lowest BCUT2D eigenvalue weighted by atomic mass is 10.2. The van der Waals surface area contributed by atoms with Crippen molar-refractivity contribution in [2.24, 2.45) is 0 Å². The number of halogens is 1. The summed E-state index contributed by atoms with van der Waals surface area (Å²) >= 11 is 1.58. The van der Waals surface area contributed by atoms with E-state index >= 15 is 0 Å². The number of benzene rings is 2. The van der Waals surface area contributed by atoms with Gasteiger partial charge in [0.15, 0.2) is 0 Å². The Labute approximate surface area is 167 Å². The van der Waals surface area contributed by atoms with Gasteiger partial charge in [-0.2, -0.15) is 0 Å². The zero-order chi connectivity index (χ0) is 19.3. The first-order chi connectivity index (χ1) is 13.7. The lowest BCUT2D eigenvalue weighted by Crippen LogP contribution is -2.46. The van der Waals surface area contributed by atoms with E-state index < -0.39 is 0 Å². The fraction of sp³-hybridized carbons (Fsp3) is 0.286. The summed E-state index contributed by atoms with van der Waals surface area (Å²) in [6.45, 7) is 4.80. The van der Waals surface area contributed by atoms with Crippen LogP contribution in [0.3, 0.4) is 0 Å². The zero-order valence-corrected chi connectivity index (χ0v) is 16.2. The number of thiazole rings is 1. The lowest BCUT2D eigenvalue weighted by molar-refractivity contribution is 0.246. The van der Waals surface area contributed by atoms with Crippen LogP contribution in [0, 0.1) is 5.82 Å². The smallest absolute Gasteiger partial charge is 0.140 e. The summed E-state index contributed by atoms with van der Waals surface area (Å²) in [5, 5.41) is 13.0. The second-order valence-corrected chi connectivity index (χ2v) is 7.67. The van der Waals surface area contributed by atoms with Crippen molar-refractivity contribution in [1.82, 2.24) is 9.88 Å². The molecule has 28 heavy (non-hydrogen) atoms. The van der Waals surface area contributed by atoms with Crippen LogP contribution in [0.5, 0.6) is 11.5 Å².